The summed E-state index contributed by atoms with van der Waals surface area (Å²) in [6.07, 6.45) is -2.00. The van der Waals surface area contributed by atoms with E-state index in [1.165, 1.54) is 4.90 Å². The molecule has 0 amide bonds. The van der Waals surface area contributed by atoms with Crippen LogP contribution in [0, 0.1) is 5.41 Å². The van der Waals surface area contributed by atoms with Gasteiger partial charge < -0.3 is 20.5 Å². The van der Waals surface area contributed by atoms with E-state index in [9.17, 15) is 18.3 Å². The molecule has 0 radical (unpaired) electrons. The van der Waals surface area contributed by atoms with Gasteiger partial charge in [-0.25, -0.2) is 0 Å². The number of ether oxygens (including phenoxy) is 1. The standard InChI is InChI=1S/C16H29F3N4O2/c1-2-20-14(21-10-15(4-7-24)5-8-25-12-15)22-13-3-6-23(9-13)11-16(17,18)19/h13,24H,2-12H2,1H3,(H2,20,21,22). The molecule has 25 heavy (non-hydrogen) atoms. The van der Waals surface area contributed by atoms with Crippen molar-refractivity contribution in [3.05, 3.63) is 0 Å². The summed E-state index contributed by atoms with van der Waals surface area (Å²) in [5.41, 5.74) is -0.144. The first-order valence-electron chi connectivity index (χ1n) is 8.88. The lowest BCUT2D eigenvalue weighted by atomic mass is 9.84. The SMILES string of the molecule is CCNC(=NCC1(CCO)CCOC1)NC1CCN(CC(F)(F)F)C1. The van der Waals surface area contributed by atoms with Crippen molar-refractivity contribution in [1.82, 2.24) is 15.5 Å². The lowest BCUT2D eigenvalue weighted by molar-refractivity contribution is -0.143. The second kappa shape index (κ2) is 9.05. The molecule has 9 heteroatoms. The van der Waals surface area contributed by atoms with Crippen molar-refractivity contribution < 1.29 is 23.0 Å². The molecular formula is C16H29F3N4O2. The van der Waals surface area contributed by atoms with Gasteiger partial charge in [0, 0.05) is 44.3 Å². The fraction of sp³-hybridized carbons (Fsp3) is 0.938. The zero-order valence-electron chi connectivity index (χ0n) is 14.7. The molecule has 0 aromatic rings. The maximum atomic E-state index is 12.5. The molecule has 2 fully saturated rings. The maximum absolute atomic E-state index is 12.5. The van der Waals surface area contributed by atoms with Gasteiger partial charge in [-0.3, -0.25) is 9.89 Å². The van der Waals surface area contributed by atoms with Crippen LogP contribution >= 0.6 is 0 Å². The maximum Gasteiger partial charge on any atom is 0.401 e. The van der Waals surface area contributed by atoms with Crippen molar-refractivity contribution in [2.45, 2.75) is 38.4 Å². The van der Waals surface area contributed by atoms with Gasteiger partial charge in [0.2, 0.25) is 0 Å². The first-order valence-corrected chi connectivity index (χ1v) is 8.88. The van der Waals surface area contributed by atoms with Gasteiger partial charge in [0.05, 0.1) is 19.7 Å². The van der Waals surface area contributed by atoms with E-state index in [1.54, 1.807) is 0 Å². The molecule has 0 saturated carbocycles. The van der Waals surface area contributed by atoms with Gasteiger partial charge in [-0.05, 0) is 26.2 Å². The second-order valence-electron chi connectivity index (χ2n) is 6.95. The molecule has 146 valence electrons. The lowest BCUT2D eigenvalue weighted by Gasteiger charge is -2.25. The quantitative estimate of drug-likeness (QED) is 0.463. The van der Waals surface area contributed by atoms with Crippen LogP contribution in [-0.4, -0.2) is 80.7 Å². The van der Waals surface area contributed by atoms with Crippen molar-refractivity contribution in [3.8, 4) is 0 Å². The molecule has 2 aliphatic heterocycles. The number of nitrogens with zero attached hydrogens (tertiary/aromatic N) is 2. The highest BCUT2D eigenvalue weighted by Crippen LogP contribution is 2.32. The Balaban J connectivity index is 1.89. The van der Waals surface area contributed by atoms with Crippen molar-refractivity contribution in [2.75, 3.05) is 52.5 Å². The lowest BCUT2D eigenvalue weighted by Crippen LogP contribution is -2.45. The minimum atomic E-state index is -4.16. The Bertz CT molecular complexity index is 440. The van der Waals surface area contributed by atoms with Crippen LogP contribution in [0.2, 0.25) is 0 Å². The smallest absolute Gasteiger partial charge is 0.396 e. The third kappa shape index (κ3) is 6.63. The van der Waals surface area contributed by atoms with Crippen LogP contribution in [0.4, 0.5) is 13.2 Å². The van der Waals surface area contributed by atoms with Gasteiger partial charge in [0.15, 0.2) is 5.96 Å². The summed E-state index contributed by atoms with van der Waals surface area (Å²) >= 11 is 0. The van der Waals surface area contributed by atoms with E-state index in [0.29, 0.717) is 58.2 Å². The van der Waals surface area contributed by atoms with E-state index >= 15 is 0 Å². The number of aliphatic hydroxyl groups excluding tert-OH is 1. The number of likely N-dealkylation sites (tertiary alicyclic amines) is 1. The van der Waals surface area contributed by atoms with Crippen LogP contribution in [0.15, 0.2) is 4.99 Å². The van der Waals surface area contributed by atoms with Gasteiger partial charge >= 0.3 is 6.18 Å². The van der Waals surface area contributed by atoms with Gasteiger partial charge in [-0.15, -0.1) is 0 Å². The number of guanidine groups is 1. The van der Waals surface area contributed by atoms with Crippen LogP contribution in [0.3, 0.4) is 0 Å². The molecule has 6 nitrogen and oxygen atoms in total. The van der Waals surface area contributed by atoms with E-state index in [4.69, 9.17) is 4.74 Å². The topological polar surface area (TPSA) is 69.1 Å². The molecule has 2 rings (SSSR count). The average Bonchev–Trinajstić information content (AvgIpc) is 3.14. The van der Waals surface area contributed by atoms with Crippen LogP contribution in [-0.2, 0) is 4.74 Å². The van der Waals surface area contributed by atoms with E-state index < -0.39 is 12.7 Å². The predicted octanol–water partition coefficient (Wildman–Crippen LogP) is 0.967. The average molecular weight is 366 g/mol. The zero-order valence-corrected chi connectivity index (χ0v) is 14.7. The van der Waals surface area contributed by atoms with Crippen molar-refractivity contribution >= 4 is 5.96 Å². The first kappa shape index (κ1) is 20.3. The van der Waals surface area contributed by atoms with E-state index in [-0.39, 0.29) is 18.1 Å². The summed E-state index contributed by atoms with van der Waals surface area (Å²) in [6, 6.07) is -0.0474. The van der Waals surface area contributed by atoms with Gasteiger partial charge in [0.25, 0.3) is 0 Å². The number of hydrogen-bond acceptors (Lipinski definition) is 4. The Kier molecular flexibility index (Phi) is 7.33. The zero-order chi connectivity index (χ0) is 18.3. The molecule has 0 aromatic heterocycles. The van der Waals surface area contributed by atoms with E-state index in [2.05, 4.69) is 15.6 Å². The summed E-state index contributed by atoms with van der Waals surface area (Å²) in [4.78, 5) is 6.03. The normalized spacial score (nSPS) is 28.5. The Morgan fingerprint density at radius 1 is 1.44 bits per heavy atom. The molecule has 2 saturated heterocycles. The molecule has 2 heterocycles. The van der Waals surface area contributed by atoms with Gasteiger partial charge in [-0.2, -0.15) is 13.2 Å². The summed E-state index contributed by atoms with van der Waals surface area (Å²) < 4.78 is 43.0. The summed E-state index contributed by atoms with van der Waals surface area (Å²) in [7, 11) is 0. The molecule has 2 unspecified atom stereocenters. The molecule has 2 aliphatic rings. The third-order valence-electron chi connectivity index (χ3n) is 4.76. The van der Waals surface area contributed by atoms with Crippen molar-refractivity contribution in [1.29, 1.82) is 0 Å². The summed E-state index contributed by atoms with van der Waals surface area (Å²) in [5, 5.41) is 15.7. The number of hydrogen-bond donors (Lipinski definition) is 3. The minimum Gasteiger partial charge on any atom is -0.396 e. The highest BCUT2D eigenvalue weighted by atomic mass is 19.4. The fourth-order valence-electron chi connectivity index (χ4n) is 3.40. The van der Waals surface area contributed by atoms with Crippen LogP contribution in [0.1, 0.15) is 26.2 Å². The number of nitrogens with one attached hydrogen (secondary N) is 2. The third-order valence-corrected chi connectivity index (χ3v) is 4.76. The molecular weight excluding hydrogens is 337 g/mol. The molecule has 2 atom stereocenters. The number of aliphatic hydroxyl groups is 1. The molecule has 0 aliphatic carbocycles. The summed E-state index contributed by atoms with van der Waals surface area (Å²) in [6.45, 7) is 4.43. The second-order valence-corrected chi connectivity index (χ2v) is 6.95. The number of halogens is 3. The fourth-order valence-corrected chi connectivity index (χ4v) is 3.40. The van der Waals surface area contributed by atoms with E-state index in [0.717, 1.165) is 6.42 Å². The van der Waals surface area contributed by atoms with Crippen LogP contribution in [0.5, 0.6) is 0 Å². The Morgan fingerprint density at radius 3 is 2.84 bits per heavy atom. The highest BCUT2D eigenvalue weighted by molar-refractivity contribution is 5.80. The Labute approximate surface area is 146 Å². The Morgan fingerprint density at radius 2 is 2.24 bits per heavy atom. The van der Waals surface area contributed by atoms with Crippen LogP contribution in [0.25, 0.3) is 0 Å². The predicted molar refractivity (Wildman–Crippen MR) is 89.6 cm³/mol. The van der Waals surface area contributed by atoms with Gasteiger partial charge in [0.1, 0.15) is 0 Å². The van der Waals surface area contributed by atoms with Crippen molar-refractivity contribution in [2.24, 2.45) is 10.4 Å². The van der Waals surface area contributed by atoms with Gasteiger partial charge in [-0.1, -0.05) is 0 Å². The number of aliphatic imine (C=N–C) groups is 1. The molecule has 0 spiro atoms. The molecule has 0 bridgehead atoms. The number of alkyl halides is 3. The highest BCUT2D eigenvalue weighted by Gasteiger charge is 2.36. The van der Waals surface area contributed by atoms with Crippen LogP contribution < -0.4 is 10.6 Å². The van der Waals surface area contributed by atoms with Crippen molar-refractivity contribution in [3.63, 3.8) is 0 Å². The first-order chi connectivity index (χ1) is 11.9. The molecule has 3 N–H and O–H groups in total. The van der Waals surface area contributed by atoms with E-state index in [1.807, 2.05) is 6.92 Å². The Hall–Kier alpha value is -1.06. The number of rotatable bonds is 7. The minimum absolute atomic E-state index is 0.0474. The summed E-state index contributed by atoms with van der Waals surface area (Å²) in [5.74, 6) is 0.616. The molecule has 0 aromatic carbocycles. The monoisotopic (exact) mass is 366 g/mol. The largest absolute Gasteiger partial charge is 0.401 e.